The number of hydrazone groups is 1. The highest BCUT2D eigenvalue weighted by molar-refractivity contribution is 5.83. The lowest BCUT2D eigenvalue weighted by Crippen LogP contribution is -2.12. The molecular weight excluding hydrogens is 282 g/mol. The summed E-state index contributed by atoms with van der Waals surface area (Å²) in [6.07, 6.45) is 1.65. The maximum absolute atomic E-state index is 10.9. The van der Waals surface area contributed by atoms with Crippen LogP contribution in [0.15, 0.2) is 29.4 Å². The van der Waals surface area contributed by atoms with Gasteiger partial charge in [-0.1, -0.05) is 0 Å². The quantitative estimate of drug-likeness (QED) is 0.698. The Morgan fingerprint density at radius 2 is 2.05 bits per heavy atom. The van der Waals surface area contributed by atoms with Crippen molar-refractivity contribution >= 4 is 12.1 Å². The second-order valence-electron chi connectivity index (χ2n) is 5.13. The average Bonchev–Trinajstić information content (AvgIpc) is 3.03. The first-order valence-electron chi connectivity index (χ1n) is 6.95. The van der Waals surface area contributed by atoms with Crippen LogP contribution >= 0.6 is 0 Å². The summed E-state index contributed by atoms with van der Waals surface area (Å²) in [4.78, 5) is 10.9. The Morgan fingerprint density at radius 1 is 1.27 bits per heavy atom. The summed E-state index contributed by atoms with van der Waals surface area (Å²) in [5, 5.41) is 3.93. The first kappa shape index (κ1) is 14.2. The van der Waals surface area contributed by atoms with Crippen LogP contribution in [0.1, 0.15) is 23.9 Å². The highest BCUT2D eigenvalue weighted by Gasteiger charge is 2.16. The fourth-order valence-electron chi connectivity index (χ4n) is 2.53. The number of nitrogens with one attached hydrogen (secondary N) is 1. The van der Waals surface area contributed by atoms with Crippen molar-refractivity contribution in [3.63, 3.8) is 0 Å². The van der Waals surface area contributed by atoms with E-state index in [1.165, 1.54) is 6.92 Å². The number of amides is 1. The molecule has 0 unspecified atom stereocenters. The maximum Gasteiger partial charge on any atom is 0.236 e. The number of carbonyl (C=O) groups is 1. The lowest BCUT2D eigenvalue weighted by molar-refractivity contribution is -0.118. The molecule has 22 heavy (non-hydrogen) atoms. The third kappa shape index (κ3) is 2.55. The fourth-order valence-corrected chi connectivity index (χ4v) is 2.53. The lowest BCUT2D eigenvalue weighted by atomic mass is 10.2. The van der Waals surface area contributed by atoms with Gasteiger partial charge in [-0.2, -0.15) is 5.10 Å². The average molecular weight is 299 g/mol. The van der Waals surface area contributed by atoms with Crippen molar-refractivity contribution in [2.75, 3.05) is 6.79 Å². The minimum Gasteiger partial charge on any atom is -0.454 e. The Kier molecular flexibility index (Phi) is 3.58. The second kappa shape index (κ2) is 5.55. The van der Waals surface area contributed by atoms with Crippen molar-refractivity contribution in [1.29, 1.82) is 0 Å². The van der Waals surface area contributed by atoms with Gasteiger partial charge in [-0.05, 0) is 32.0 Å². The van der Waals surface area contributed by atoms with Crippen LogP contribution in [0.3, 0.4) is 0 Å². The molecule has 0 bridgehead atoms. The zero-order valence-electron chi connectivity index (χ0n) is 12.7. The predicted molar refractivity (Wildman–Crippen MR) is 82.8 cm³/mol. The van der Waals surface area contributed by atoms with E-state index in [1.54, 1.807) is 6.21 Å². The molecule has 114 valence electrons. The summed E-state index contributed by atoms with van der Waals surface area (Å²) >= 11 is 0. The van der Waals surface area contributed by atoms with Gasteiger partial charge in [0.05, 0.1) is 6.21 Å². The molecule has 0 atom stereocenters. The first-order valence-corrected chi connectivity index (χ1v) is 6.95. The number of nitrogens with zero attached hydrogens (tertiary/aromatic N) is 2. The van der Waals surface area contributed by atoms with E-state index in [-0.39, 0.29) is 12.7 Å². The Balaban J connectivity index is 1.96. The Bertz CT molecular complexity index is 762. The summed E-state index contributed by atoms with van der Waals surface area (Å²) in [7, 11) is 0. The smallest absolute Gasteiger partial charge is 0.236 e. The van der Waals surface area contributed by atoms with Crippen molar-refractivity contribution in [3.05, 3.63) is 41.2 Å². The highest BCUT2D eigenvalue weighted by Crippen LogP contribution is 2.34. The van der Waals surface area contributed by atoms with Gasteiger partial charge in [-0.25, -0.2) is 5.43 Å². The van der Waals surface area contributed by atoms with Crippen LogP contribution in [0.25, 0.3) is 5.69 Å². The third-order valence-electron chi connectivity index (χ3n) is 3.51. The Hall–Kier alpha value is -2.76. The van der Waals surface area contributed by atoms with Gasteiger partial charge in [-0.3, -0.25) is 4.79 Å². The number of hydrogen-bond donors (Lipinski definition) is 1. The number of hydrogen-bond acceptors (Lipinski definition) is 4. The fraction of sp³-hybridized carbons (Fsp3) is 0.250. The van der Waals surface area contributed by atoms with E-state index in [4.69, 9.17) is 9.47 Å². The van der Waals surface area contributed by atoms with Crippen LogP contribution in [-0.2, 0) is 4.79 Å². The molecule has 0 spiro atoms. The summed E-state index contributed by atoms with van der Waals surface area (Å²) < 4.78 is 12.9. The van der Waals surface area contributed by atoms with Gasteiger partial charge in [0.1, 0.15) is 0 Å². The van der Waals surface area contributed by atoms with E-state index in [0.29, 0.717) is 0 Å². The third-order valence-corrected chi connectivity index (χ3v) is 3.51. The van der Waals surface area contributed by atoms with Gasteiger partial charge >= 0.3 is 0 Å². The summed E-state index contributed by atoms with van der Waals surface area (Å²) in [5.41, 5.74) is 6.46. The van der Waals surface area contributed by atoms with Gasteiger partial charge in [-0.15, -0.1) is 0 Å². The summed E-state index contributed by atoms with van der Waals surface area (Å²) in [6.45, 7) is 5.71. The molecule has 2 heterocycles. The SMILES string of the molecule is CC(=O)N/N=C\c1cc(C)n(-c2ccc3c(c2)OCO3)c1C. The summed E-state index contributed by atoms with van der Waals surface area (Å²) in [5.74, 6) is 1.32. The number of aromatic nitrogens is 1. The normalized spacial score (nSPS) is 12.9. The van der Waals surface area contributed by atoms with E-state index in [1.807, 2.05) is 38.1 Å². The highest BCUT2D eigenvalue weighted by atomic mass is 16.7. The molecule has 2 aromatic rings. The monoisotopic (exact) mass is 299 g/mol. The molecule has 0 radical (unpaired) electrons. The molecule has 0 saturated carbocycles. The Labute approximate surface area is 128 Å². The molecule has 3 rings (SSSR count). The molecule has 1 N–H and O–H groups in total. The molecule has 0 fully saturated rings. The molecule has 1 amide bonds. The van der Waals surface area contributed by atoms with Crippen molar-refractivity contribution in [1.82, 2.24) is 9.99 Å². The largest absolute Gasteiger partial charge is 0.454 e. The predicted octanol–water partition coefficient (Wildman–Crippen LogP) is 2.29. The second-order valence-corrected chi connectivity index (χ2v) is 5.13. The molecular formula is C16H17N3O3. The van der Waals surface area contributed by atoms with Crippen LogP contribution in [0.2, 0.25) is 0 Å². The number of carbonyl (C=O) groups excluding carboxylic acids is 1. The van der Waals surface area contributed by atoms with Gasteiger partial charge in [0, 0.05) is 35.6 Å². The summed E-state index contributed by atoms with van der Waals surface area (Å²) in [6, 6.07) is 7.87. The van der Waals surface area contributed by atoms with Crippen LogP contribution in [-0.4, -0.2) is 23.5 Å². The zero-order chi connectivity index (χ0) is 15.7. The molecule has 0 saturated heterocycles. The van der Waals surface area contributed by atoms with Crippen molar-refractivity contribution in [2.45, 2.75) is 20.8 Å². The van der Waals surface area contributed by atoms with E-state index in [9.17, 15) is 4.79 Å². The van der Waals surface area contributed by atoms with Crippen molar-refractivity contribution in [2.24, 2.45) is 5.10 Å². The van der Waals surface area contributed by atoms with E-state index < -0.39 is 0 Å². The zero-order valence-corrected chi connectivity index (χ0v) is 12.7. The van der Waals surface area contributed by atoms with Crippen molar-refractivity contribution in [3.8, 4) is 17.2 Å². The van der Waals surface area contributed by atoms with Gasteiger partial charge in [0.2, 0.25) is 12.7 Å². The van der Waals surface area contributed by atoms with Gasteiger partial charge in [0.25, 0.3) is 0 Å². The van der Waals surface area contributed by atoms with Crippen LogP contribution in [0, 0.1) is 13.8 Å². The van der Waals surface area contributed by atoms with Crippen molar-refractivity contribution < 1.29 is 14.3 Å². The number of rotatable bonds is 3. The number of aryl methyl sites for hydroxylation is 1. The Morgan fingerprint density at radius 3 is 2.82 bits per heavy atom. The molecule has 0 aliphatic carbocycles. The molecule has 1 aliphatic rings. The minimum atomic E-state index is -0.194. The van der Waals surface area contributed by atoms with E-state index >= 15 is 0 Å². The number of ether oxygens (including phenoxy) is 2. The van der Waals surface area contributed by atoms with Crippen LogP contribution in [0.5, 0.6) is 11.5 Å². The molecule has 6 heteroatoms. The molecule has 1 aromatic carbocycles. The van der Waals surface area contributed by atoms with Crippen LogP contribution in [0.4, 0.5) is 0 Å². The van der Waals surface area contributed by atoms with Gasteiger partial charge in [0.15, 0.2) is 11.5 Å². The first-order chi connectivity index (χ1) is 10.6. The number of fused-ring (bicyclic) bond motifs is 1. The van der Waals surface area contributed by atoms with Gasteiger partial charge < -0.3 is 14.0 Å². The lowest BCUT2D eigenvalue weighted by Gasteiger charge is -2.10. The molecule has 1 aromatic heterocycles. The standard InChI is InChI=1S/C16H17N3O3/c1-10-6-13(8-17-18-12(3)20)11(2)19(10)14-4-5-15-16(7-14)22-9-21-15/h4-8H,9H2,1-3H3,(H,18,20)/b17-8-. The maximum atomic E-state index is 10.9. The molecule has 1 aliphatic heterocycles. The topological polar surface area (TPSA) is 64.9 Å². The van der Waals surface area contributed by atoms with E-state index in [0.717, 1.165) is 34.1 Å². The van der Waals surface area contributed by atoms with Crippen LogP contribution < -0.4 is 14.9 Å². The number of benzene rings is 1. The minimum absolute atomic E-state index is 0.194. The molecule has 6 nitrogen and oxygen atoms in total. The van der Waals surface area contributed by atoms with E-state index in [2.05, 4.69) is 15.1 Å².